The van der Waals surface area contributed by atoms with Gasteiger partial charge < -0.3 is 4.90 Å². The molecule has 4 nitrogen and oxygen atoms in total. The third kappa shape index (κ3) is 3.67. The normalized spacial score (nSPS) is 11.9. The van der Waals surface area contributed by atoms with Gasteiger partial charge in [-0.2, -0.15) is 13.2 Å². The monoisotopic (exact) mass is 278 g/mol. The molecule has 0 saturated carbocycles. The molecule has 8 heteroatoms. The summed E-state index contributed by atoms with van der Waals surface area (Å²) in [4.78, 5) is 11.3. The Kier molecular flexibility index (Phi) is 4.13. The number of nitrogens with zero attached hydrogens (tertiary/aromatic N) is 2. The van der Waals surface area contributed by atoms with Gasteiger partial charge in [0.25, 0.3) is 5.69 Å². The van der Waals surface area contributed by atoms with Gasteiger partial charge in [-0.3, -0.25) is 10.1 Å². The lowest BCUT2D eigenvalue weighted by molar-refractivity contribution is -0.385. The van der Waals surface area contributed by atoms with Gasteiger partial charge in [-0.25, -0.2) is 4.39 Å². The minimum atomic E-state index is -4.97. The molecule has 0 aromatic heterocycles. The number of nitro benzene ring substituents is 1. The zero-order chi connectivity index (χ0) is 14.8. The zero-order valence-corrected chi connectivity index (χ0v) is 10.0. The van der Waals surface area contributed by atoms with E-state index in [0.717, 1.165) is 0 Å². The maximum atomic E-state index is 13.3. The minimum absolute atomic E-state index is 0.199. The van der Waals surface area contributed by atoms with Crippen molar-refractivity contribution in [1.29, 1.82) is 0 Å². The molecule has 104 valence electrons. The average Bonchev–Trinajstić information content (AvgIpc) is 2.23. The van der Waals surface area contributed by atoms with Crippen LogP contribution in [0.4, 0.5) is 23.2 Å². The Labute approximate surface area is 106 Å². The molecule has 0 amide bonds. The minimum Gasteiger partial charge on any atom is -0.383 e. The van der Waals surface area contributed by atoms with E-state index >= 15 is 0 Å². The van der Waals surface area contributed by atoms with Crippen LogP contribution in [0.3, 0.4) is 0 Å². The van der Waals surface area contributed by atoms with Crippen LogP contribution in [-0.2, 0) is 6.18 Å². The topological polar surface area (TPSA) is 46.4 Å². The molecule has 0 aliphatic carbocycles. The lowest BCUT2D eigenvalue weighted by Crippen LogP contribution is -2.10. The summed E-state index contributed by atoms with van der Waals surface area (Å²) in [5.74, 6) is -1.54. The molecule has 19 heavy (non-hydrogen) atoms. The molecule has 0 spiro atoms. The van der Waals surface area contributed by atoms with Crippen LogP contribution in [-0.4, -0.2) is 23.9 Å². The summed E-state index contributed by atoms with van der Waals surface area (Å²) in [5, 5.41) is 10.7. The van der Waals surface area contributed by atoms with E-state index in [-0.39, 0.29) is 11.6 Å². The fraction of sp³-hybridized carbons (Fsp3) is 0.273. The van der Waals surface area contributed by atoms with Crippen LogP contribution in [0, 0.1) is 15.9 Å². The maximum absolute atomic E-state index is 13.3. The average molecular weight is 278 g/mol. The third-order valence-corrected chi connectivity index (χ3v) is 2.17. The van der Waals surface area contributed by atoms with Crippen LogP contribution in [0.25, 0.3) is 6.08 Å². The van der Waals surface area contributed by atoms with Gasteiger partial charge in [0.2, 0.25) is 0 Å². The smallest absolute Gasteiger partial charge is 0.383 e. The molecule has 0 N–H and O–H groups in total. The Bertz CT molecular complexity index is 524. The van der Waals surface area contributed by atoms with Gasteiger partial charge in [0.1, 0.15) is 5.82 Å². The summed E-state index contributed by atoms with van der Waals surface area (Å²) in [6.45, 7) is 0. The van der Waals surface area contributed by atoms with E-state index < -0.39 is 28.2 Å². The van der Waals surface area contributed by atoms with Crippen LogP contribution in [0.1, 0.15) is 11.1 Å². The highest BCUT2D eigenvalue weighted by molar-refractivity contribution is 5.62. The number of hydrogen-bond donors (Lipinski definition) is 0. The fourth-order valence-corrected chi connectivity index (χ4v) is 1.32. The van der Waals surface area contributed by atoms with Crippen LogP contribution < -0.4 is 0 Å². The van der Waals surface area contributed by atoms with E-state index in [9.17, 15) is 27.7 Å². The van der Waals surface area contributed by atoms with E-state index in [0.29, 0.717) is 6.07 Å². The van der Waals surface area contributed by atoms with Gasteiger partial charge in [-0.1, -0.05) is 0 Å². The molecule has 1 rings (SSSR count). The van der Waals surface area contributed by atoms with Crippen molar-refractivity contribution in [2.24, 2.45) is 0 Å². The number of hydrogen-bond acceptors (Lipinski definition) is 3. The lowest BCUT2D eigenvalue weighted by atomic mass is 10.1. The second-order valence-electron chi connectivity index (χ2n) is 3.93. The standard InChI is InChI=1S/C11H10F4N2O2/c1-16(2)4-3-7-5-9(12)8(11(13,14)15)6-10(7)17(18)19/h3-6H,1-2H3/b4-3+. The van der Waals surface area contributed by atoms with Crippen molar-refractivity contribution >= 4 is 11.8 Å². The highest BCUT2D eigenvalue weighted by atomic mass is 19.4. The second kappa shape index (κ2) is 5.25. The Hall–Kier alpha value is -2.12. The highest BCUT2D eigenvalue weighted by Crippen LogP contribution is 2.35. The first kappa shape index (κ1) is 14.9. The highest BCUT2D eigenvalue weighted by Gasteiger charge is 2.36. The number of rotatable bonds is 3. The number of benzene rings is 1. The number of alkyl halides is 3. The number of nitro groups is 1. The van der Waals surface area contributed by atoms with Crippen molar-refractivity contribution in [3.05, 3.63) is 45.4 Å². The Balaban J connectivity index is 3.42. The lowest BCUT2D eigenvalue weighted by Gasteiger charge is -2.09. The van der Waals surface area contributed by atoms with Crippen molar-refractivity contribution in [3.63, 3.8) is 0 Å². The van der Waals surface area contributed by atoms with Crippen LogP contribution >= 0.6 is 0 Å². The molecule has 0 heterocycles. The second-order valence-corrected chi connectivity index (χ2v) is 3.93. The zero-order valence-electron chi connectivity index (χ0n) is 10.0. The van der Waals surface area contributed by atoms with Crippen LogP contribution in [0.5, 0.6) is 0 Å². The molecule has 0 aliphatic rings. The summed E-state index contributed by atoms with van der Waals surface area (Å²) in [7, 11) is 3.23. The first-order chi connectivity index (χ1) is 8.62. The Morgan fingerprint density at radius 2 is 1.89 bits per heavy atom. The van der Waals surface area contributed by atoms with Gasteiger partial charge in [0.15, 0.2) is 0 Å². The predicted molar refractivity (Wildman–Crippen MR) is 60.8 cm³/mol. The summed E-state index contributed by atoms with van der Waals surface area (Å²) in [6.07, 6.45) is -2.44. The van der Waals surface area contributed by atoms with Gasteiger partial charge in [0.05, 0.1) is 16.1 Å². The van der Waals surface area contributed by atoms with Gasteiger partial charge in [-0.05, 0) is 18.3 Å². The summed E-state index contributed by atoms with van der Waals surface area (Å²) in [5.41, 5.74) is -2.68. The van der Waals surface area contributed by atoms with Crippen molar-refractivity contribution < 1.29 is 22.5 Å². The Morgan fingerprint density at radius 1 is 1.32 bits per heavy atom. The molecule has 0 atom stereocenters. The first-order valence-corrected chi connectivity index (χ1v) is 5.02. The molecule has 1 aromatic carbocycles. The van der Waals surface area contributed by atoms with E-state index in [1.807, 2.05) is 0 Å². The van der Waals surface area contributed by atoms with Crippen molar-refractivity contribution in [3.8, 4) is 0 Å². The molecule has 0 unspecified atom stereocenters. The van der Waals surface area contributed by atoms with E-state index in [1.54, 1.807) is 14.1 Å². The third-order valence-electron chi connectivity index (χ3n) is 2.17. The quantitative estimate of drug-likeness (QED) is 0.484. The van der Waals surface area contributed by atoms with Gasteiger partial charge in [0, 0.05) is 20.2 Å². The van der Waals surface area contributed by atoms with E-state index in [4.69, 9.17) is 0 Å². The van der Waals surface area contributed by atoms with E-state index in [1.165, 1.54) is 17.2 Å². The van der Waals surface area contributed by atoms with Gasteiger partial charge in [-0.15, -0.1) is 0 Å². The summed E-state index contributed by atoms with van der Waals surface area (Å²) >= 11 is 0. The Morgan fingerprint density at radius 3 is 2.32 bits per heavy atom. The number of halogens is 4. The summed E-state index contributed by atoms with van der Waals surface area (Å²) < 4.78 is 50.7. The SMILES string of the molecule is CN(C)/C=C/c1cc(F)c(C(F)(F)F)cc1[N+](=O)[O-]. The predicted octanol–water partition coefficient (Wildman–Crippen LogP) is 3.29. The maximum Gasteiger partial charge on any atom is 0.419 e. The van der Waals surface area contributed by atoms with E-state index in [2.05, 4.69) is 0 Å². The molecule has 0 bridgehead atoms. The summed E-state index contributed by atoms with van der Waals surface area (Å²) in [6, 6.07) is 0.700. The van der Waals surface area contributed by atoms with Crippen molar-refractivity contribution in [2.45, 2.75) is 6.18 Å². The molecule has 0 aliphatic heterocycles. The molecule has 1 aromatic rings. The van der Waals surface area contributed by atoms with Crippen molar-refractivity contribution in [1.82, 2.24) is 4.90 Å². The van der Waals surface area contributed by atoms with Gasteiger partial charge >= 0.3 is 6.18 Å². The molecule has 0 radical (unpaired) electrons. The van der Waals surface area contributed by atoms with Crippen molar-refractivity contribution in [2.75, 3.05) is 14.1 Å². The molecule has 0 fully saturated rings. The largest absolute Gasteiger partial charge is 0.419 e. The fourth-order valence-electron chi connectivity index (χ4n) is 1.32. The van der Waals surface area contributed by atoms with Crippen LogP contribution in [0.15, 0.2) is 18.3 Å². The van der Waals surface area contributed by atoms with Crippen LogP contribution in [0.2, 0.25) is 0 Å². The molecular formula is C11H10F4N2O2. The molecular weight excluding hydrogens is 268 g/mol. The first-order valence-electron chi connectivity index (χ1n) is 5.02. The molecule has 0 saturated heterocycles.